The number of benzene rings is 2. The van der Waals surface area contributed by atoms with Gasteiger partial charge in [-0.3, -0.25) is 4.79 Å². The van der Waals surface area contributed by atoms with Crippen LogP contribution in [0.1, 0.15) is 24.0 Å². The zero-order valence-corrected chi connectivity index (χ0v) is 11.4. The van der Waals surface area contributed by atoms with Crippen molar-refractivity contribution >= 4 is 11.7 Å². The summed E-state index contributed by atoms with van der Waals surface area (Å²) in [5, 5.41) is 12.0. The molecule has 0 aliphatic heterocycles. The zero-order chi connectivity index (χ0) is 14.2. The number of aliphatic carboxylic acids is 1. The Balaban J connectivity index is 1.81. The van der Waals surface area contributed by atoms with Crippen molar-refractivity contribution in [1.29, 1.82) is 0 Å². The molecule has 104 valence electrons. The molecule has 0 heterocycles. The van der Waals surface area contributed by atoms with Gasteiger partial charge in [0, 0.05) is 18.7 Å². The molecule has 2 aromatic carbocycles. The lowest BCUT2D eigenvalue weighted by atomic mass is 10.1. The Labute approximate surface area is 119 Å². The van der Waals surface area contributed by atoms with Crippen molar-refractivity contribution in [3.8, 4) is 0 Å². The summed E-state index contributed by atoms with van der Waals surface area (Å²) in [6.45, 7) is 0.805. The average Bonchev–Trinajstić information content (AvgIpc) is 2.47. The normalized spacial score (nSPS) is 10.2. The predicted molar refractivity (Wildman–Crippen MR) is 80.8 cm³/mol. The minimum atomic E-state index is -0.730. The lowest BCUT2D eigenvalue weighted by molar-refractivity contribution is -0.137. The minimum Gasteiger partial charge on any atom is -0.481 e. The fourth-order valence-corrected chi connectivity index (χ4v) is 2.03. The van der Waals surface area contributed by atoms with Crippen LogP contribution in [0.5, 0.6) is 0 Å². The van der Waals surface area contributed by atoms with E-state index in [1.165, 1.54) is 11.1 Å². The number of aryl methyl sites for hydroxylation is 1. The van der Waals surface area contributed by atoms with E-state index >= 15 is 0 Å². The van der Waals surface area contributed by atoms with Gasteiger partial charge in [-0.15, -0.1) is 0 Å². The van der Waals surface area contributed by atoms with Crippen LogP contribution in [0.4, 0.5) is 5.69 Å². The van der Waals surface area contributed by atoms with E-state index in [0.717, 1.165) is 18.7 Å². The summed E-state index contributed by atoms with van der Waals surface area (Å²) >= 11 is 0. The second-order valence-electron chi connectivity index (χ2n) is 4.78. The Morgan fingerprint density at radius 1 is 0.950 bits per heavy atom. The van der Waals surface area contributed by atoms with Gasteiger partial charge in [-0.05, 0) is 36.1 Å². The van der Waals surface area contributed by atoms with Gasteiger partial charge < -0.3 is 10.4 Å². The third kappa shape index (κ3) is 4.76. The van der Waals surface area contributed by atoms with Crippen LogP contribution in [0.15, 0.2) is 54.6 Å². The van der Waals surface area contributed by atoms with Crippen LogP contribution in [0.3, 0.4) is 0 Å². The molecule has 0 amide bonds. The Hall–Kier alpha value is -2.29. The Kier molecular flexibility index (Phi) is 5.18. The van der Waals surface area contributed by atoms with Crippen LogP contribution in [-0.4, -0.2) is 11.1 Å². The molecule has 0 saturated heterocycles. The van der Waals surface area contributed by atoms with E-state index in [4.69, 9.17) is 5.11 Å². The molecular formula is C17H19NO2. The van der Waals surface area contributed by atoms with E-state index in [-0.39, 0.29) is 6.42 Å². The summed E-state index contributed by atoms with van der Waals surface area (Å²) in [5.41, 5.74) is 3.50. The molecule has 3 nitrogen and oxygen atoms in total. The molecule has 0 saturated carbocycles. The summed E-state index contributed by atoms with van der Waals surface area (Å²) < 4.78 is 0. The Bertz CT molecular complexity index is 535. The second-order valence-corrected chi connectivity index (χ2v) is 4.78. The first-order valence-corrected chi connectivity index (χ1v) is 6.82. The van der Waals surface area contributed by atoms with Gasteiger partial charge in [-0.25, -0.2) is 0 Å². The molecule has 3 heteroatoms. The van der Waals surface area contributed by atoms with Gasteiger partial charge in [0.1, 0.15) is 0 Å². The fraction of sp³-hybridized carbons (Fsp3) is 0.235. The topological polar surface area (TPSA) is 49.3 Å². The number of nitrogens with one attached hydrogen (secondary N) is 1. The molecule has 0 aliphatic rings. The van der Waals surface area contributed by atoms with Crippen LogP contribution in [0.25, 0.3) is 0 Å². The standard InChI is InChI=1S/C17H19NO2/c19-17(20)8-4-7-14-9-11-16(12-10-14)18-13-15-5-2-1-3-6-15/h1-3,5-6,9-12,18H,4,7-8,13H2,(H,19,20). The van der Waals surface area contributed by atoms with E-state index in [1.807, 2.05) is 30.3 Å². The molecule has 0 aromatic heterocycles. The number of anilines is 1. The highest BCUT2D eigenvalue weighted by Gasteiger charge is 1.99. The Morgan fingerprint density at radius 3 is 2.30 bits per heavy atom. The number of hydrogen-bond donors (Lipinski definition) is 2. The average molecular weight is 269 g/mol. The summed E-state index contributed by atoms with van der Waals surface area (Å²) in [5.74, 6) is -0.730. The first-order valence-electron chi connectivity index (χ1n) is 6.82. The third-order valence-corrected chi connectivity index (χ3v) is 3.15. The first kappa shape index (κ1) is 14.1. The third-order valence-electron chi connectivity index (χ3n) is 3.15. The fourth-order valence-electron chi connectivity index (χ4n) is 2.03. The number of carboxylic acid groups (broad SMARTS) is 1. The summed E-state index contributed by atoms with van der Waals surface area (Å²) in [6.07, 6.45) is 1.73. The molecule has 0 fully saturated rings. The Morgan fingerprint density at radius 2 is 1.65 bits per heavy atom. The molecule has 2 aromatic rings. The van der Waals surface area contributed by atoms with Crippen molar-refractivity contribution < 1.29 is 9.90 Å². The second kappa shape index (κ2) is 7.34. The first-order chi connectivity index (χ1) is 9.74. The van der Waals surface area contributed by atoms with E-state index in [9.17, 15) is 4.79 Å². The lowest BCUT2D eigenvalue weighted by Gasteiger charge is -2.07. The van der Waals surface area contributed by atoms with E-state index in [2.05, 4.69) is 29.6 Å². The van der Waals surface area contributed by atoms with Gasteiger partial charge in [0.2, 0.25) is 0 Å². The van der Waals surface area contributed by atoms with Gasteiger partial charge in [0.15, 0.2) is 0 Å². The molecule has 0 radical (unpaired) electrons. The van der Waals surface area contributed by atoms with E-state index in [0.29, 0.717) is 6.42 Å². The molecule has 0 atom stereocenters. The molecule has 20 heavy (non-hydrogen) atoms. The van der Waals surface area contributed by atoms with Crippen molar-refractivity contribution in [2.75, 3.05) is 5.32 Å². The predicted octanol–water partition coefficient (Wildman–Crippen LogP) is 3.71. The van der Waals surface area contributed by atoms with Gasteiger partial charge in [-0.1, -0.05) is 42.5 Å². The SMILES string of the molecule is O=C(O)CCCc1ccc(NCc2ccccc2)cc1. The number of rotatable bonds is 7. The van der Waals surface area contributed by atoms with Crippen molar-refractivity contribution in [3.63, 3.8) is 0 Å². The molecule has 2 N–H and O–H groups in total. The molecule has 0 aliphatic carbocycles. The highest BCUT2D eigenvalue weighted by atomic mass is 16.4. The molecule has 0 unspecified atom stereocenters. The quantitative estimate of drug-likeness (QED) is 0.805. The van der Waals surface area contributed by atoms with Gasteiger partial charge in [0.25, 0.3) is 0 Å². The number of carboxylic acids is 1. The maximum absolute atomic E-state index is 10.5. The lowest BCUT2D eigenvalue weighted by Crippen LogP contribution is -1.99. The maximum atomic E-state index is 10.5. The highest BCUT2D eigenvalue weighted by Crippen LogP contribution is 2.13. The van der Waals surface area contributed by atoms with Crippen molar-refractivity contribution in [1.82, 2.24) is 0 Å². The van der Waals surface area contributed by atoms with Crippen LogP contribution in [-0.2, 0) is 17.8 Å². The van der Waals surface area contributed by atoms with Crippen molar-refractivity contribution in [2.45, 2.75) is 25.8 Å². The molecule has 0 bridgehead atoms. The maximum Gasteiger partial charge on any atom is 0.303 e. The van der Waals surface area contributed by atoms with Crippen LogP contribution in [0.2, 0.25) is 0 Å². The summed E-state index contributed by atoms with van der Waals surface area (Å²) in [7, 11) is 0. The van der Waals surface area contributed by atoms with E-state index < -0.39 is 5.97 Å². The highest BCUT2D eigenvalue weighted by molar-refractivity contribution is 5.66. The van der Waals surface area contributed by atoms with Gasteiger partial charge >= 0.3 is 5.97 Å². The van der Waals surface area contributed by atoms with Gasteiger partial charge in [0.05, 0.1) is 0 Å². The zero-order valence-electron chi connectivity index (χ0n) is 11.4. The number of hydrogen-bond acceptors (Lipinski definition) is 2. The van der Waals surface area contributed by atoms with Gasteiger partial charge in [-0.2, -0.15) is 0 Å². The largest absolute Gasteiger partial charge is 0.481 e. The number of carbonyl (C=O) groups is 1. The smallest absolute Gasteiger partial charge is 0.303 e. The molecule has 0 spiro atoms. The summed E-state index contributed by atoms with van der Waals surface area (Å²) in [6, 6.07) is 18.4. The van der Waals surface area contributed by atoms with Crippen LogP contribution < -0.4 is 5.32 Å². The van der Waals surface area contributed by atoms with Crippen molar-refractivity contribution in [3.05, 3.63) is 65.7 Å². The van der Waals surface area contributed by atoms with Crippen molar-refractivity contribution in [2.24, 2.45) is 0 Å². The molecular weight excluding hydrogens is 250 g/mol. The van der Waals surface area contributed by atoms with Crippen LogP contribution >= 0.6 is 0 Å². The minimum absolute atomic E-state index is 0.230. The van der Waals surface area contributed by atoms with E-state index in [1.54, 1.807) is 0 Å². The van der Waals surface area contributed by atoms with Crippen LogP contribution in [0, 0.1) is 0 Å². The monoisotopic (exact) mass is 269 g/mol. The molecule has 2 rings (SSSR count). The summed E-state index contributed by atoms with van der Waals surface area (Å²) in [4.78, 5) is 10.5.